The lowest BCUT2D eigenvalue weighted by atomic mass is 9.87. The quantitative estimate of drug-likeness (QED) is 0.640. The van der Waals surface area contributed by atoms with Gasteiger partial charge in [-0.2, -0.15) is 0 Å². The zero-order chi connectivity index (χ0) is 17.4. The largest absolute Gasteiger partial charge is 0.492 e. The number of ketones is 1. The van der Waals surface area contributed by atoms with Gasteiger partial charge in [0.25, 0.3) is 0 Å². The Morgan fingerprint density at radius 2 is 1.71 bits per heavy atom. The summed E-state index contributed by atoms with van der Waals surface area (Å²) in [7, 11) is 4.03. The fraction of sp³-hybridized carbons (Fsp3) is 0.381. The summed E-state index contributed by atoms with van der Waals surface area (Å²) in [6.45, 7) is 3.63. The van der Waals surface area contributed by atoms with Crippen molar-refractivity contribution in [3.8, 4) is 5.75 Å². The van der Waals surface area contributed by atoms with Crippen molar-refractivity contribution in [1.29, 1.82) is 0 Å². The molecule has 3 heteroatoms. The van der Waals surface area contributed by atoms with Crippen LogP contribution in [0.4, 0.5) is 0 Å². The summed E-state index contributed by atoms with van der Waals surface area (Å²) in [6.07, 6.45) is 1.85. The molecule has 0 fully saturated rings. The van der Waals surface area contributed by atoms with Crippen molar-refractivity contribution in [3.05, 3.63) is 65.7 Å². The molecule has 3 nitrogen and oxygen atoms in total. The van der Waals surface area contributed by atoms with E-state index < -0.39 is 0 Å². The van der Waals surface area contributed by atoms with E-state index in [0.717, 1.165) is 36.3 Å². The number of rotatable bonds is 9. The molecule has 2 aromatic rings. The minimum Gasteiger partial charge on any atom is -0.492 e. The van der Waals surface area contributed by atoms with Crippen LogP contribution in [0.2, 0.25) is 0 Å². The van der Waals surface area contributed by atoms with Crippen LogP contribution < -0.4 is 4.74 Å². The number of ether oxygens (including phenoxy) is 1. The Balaban J connectivity index is 2.07. The van der Waals surface area contributed by atoms with Crippen LogP contribution in [0.3, 0.4) is 0 Å². The van der Waals surface area contributed by atoms with Crippen molar-refractivity contribution in [2.45, 2.75) is 25.7 Å². The molecule has 0 aromatic heterocycles. The highest BCUT2D eigenvalue weighted by Crippen LogP contribution is 2.26. The van der Waals surface area contributed by atoms with E-state index in [0.29, 0.717) is 6.61 Å². The van der Waals surface area contributed by atoms with Crippen LogP contribution in [0.5, 0.6) is 5.75 Å². The van der Waals surface area contributed by atoms with Gasteiger partial charge in [-0.15, -0.1) is 0 Å². The molecule has 0 aliphatic rings. The number of benzene rings is 2. The zero-order valence-electron chi connectivity index (χ0n) is 14.9. The normalized spacial score (nSPS) is 12.2. The Labute approximate surface area is 145 Å². The number of Topliss-reactive ketones (excluding diaryl/α,β-unsaturated/α-hetero) is 1. The second-order valence-corrected chi connectivity index (χ2v) is 6.29. The van der Waals surface area contributed by atoms with Crippen molar-refractivity contribution in [2.75, 3.05) is 27.2 Å². The summed E-state index contributed by atoms with van der Waals surface area (Å²) < 4.78 is 5.69. The van der Waals surface area contributed by atoms with Crippen LogP contribution in [0, 0.1) is 0 Å². The molecule has 0 saturated heterocycles. The average Bonchev–Trinajstić information content (AvgIpc) is 2.60. The van der Waals surface area contributed by atoms with Gasteiger partial charge in [0.05, 0.1) is 0 Å². The number of hydrogen-bond donors (Lipinski definition) is 0. The van der Waals surface area contributed by atoms with Gasteiger partial charge in [0.15, 0.2) is 5.78 Å². The van der Waals surface area contributed by atoms with E-state index in [-0.39, 0.29) is 11.7 Å². The number of carbonyl (C=O) groups excluding carboxylic acids is 1. The van der Waals surface area contributed by atoms with Crippen molar-refractivity contribution >= 4 is 5.78 Å². The van der Waals surface area contributed by atoms with E-state index >= 15 is 0 Å². The molecule has 0 amide bonds. The molecule has 0 bridgehead atoms. The summed E-state index contributed by atoms with van der Waals surface area (Å²) in [5.41, 5.74) is 1.84. The minimum atomic E-state index is -0.0725. The molecular formula is C21H27NO2. The van der Waals surface area contributed by atoms with Gasteiger partial charge in [-0.3, -0.25) is 4.79 Å². The molecule has 128 valence electrons. The Bertz CT molecular complexity index is 620. The summed E-state index contributed by atoms with van der Waals surface area (Å²) in [4.78, 5) is 15.0. The number of carbonyl (C=O) groups is 1. The lowest BCUT2D eigenvalue weighted by molar-refractivity contribution is 0.0954. The molecule has 24 heavy (non-hydrogen) atoms. The highest BCUT2D eigenvalue weighted by Gasteiger charge is 2.21. The second-order valence-electron chi connectivity index (χ2n) is 6.29. The van der Waals surface area contributed by atoms with Crippen molar-refractivity contribution in [1.82, 2.24) is 4.90 Å². The number of nitrogens with zero attached hydrogens (tertiary/aromatic N) is 1. The Hall–Kier alpha value is -2.13. The van der Waals surface area contributed by atoms with Gasteiger partial charge in [-0.25, -0.2) is 0 Å². The summed E-state index contributed by atoms with van der Waals surface area (Å²) in [5, 5.41) is 0. The molecular weight excluding hydrogens is 298 g/mol. The van der Waals surface area contributed by atoms with Crippen LogP contribution in [-0.4, -0.2) is 37.9 Å². The van der Waals surface area contributed by atoms with Crippen molar-refractivity contribution in [2.24, 2.45) is 0 Å². The monoisotopic (exact) mass is 325 g/mol. The van der Waals surface area contributed by atoms with E-state index in [4.69, 9.17) is 4.74 Å². The van der Waals surface area contributed by atoms with Gasteiger partial charge < -0.3 is 9.64 Å². The molecule has 0 spiro atoms. The lowest BCUT2D eigenvalue weighted by Crippen LogP contribution is -2.19. The van der Waals surface area contributed by atoms with Gasteiger partial charge >= 0.3 is 0 Å². The highest BCUT2D eigenvalue weighted by molar-refractivity contribution is 6.01. The molecule has 0 heterocycles. The van der Waals surface area contributed by atoms with Gasteiger partial charge in [0, 0.05) is 18.0 Å². The first kappa shape index (κ1) is 18.2. The van der Waals surface area contributed by atoms with Gasteiger partial charge in [0.2, 0.25) is 0 Å². The van der Waals surface area contributed by atoms with E-state index in [1.165, 1.54) is 0 Å². The molecule has 0 saturated carbocycles. The molecule has 0 N–H and O–H groups in total. The molecule has 0 aliphatic heterocycles. The minimum absolute atomic E-state index is 0.0725. The second kappa shape index (κ2) is 9.24. The molecule has 0 aliphatic carbocycles. The molecule has 1 atom stereocenters. The van der Waals surface area contributed by atoms with Crippen LogP contribution in [0.15, 0.2) is 54.6 Å². The number of likely N-dealkylation sites (N-methyl/N-ethyl adjacent to an activating group) is 1. The van der Waals surface area contributed by atoms with Crippen LogP contribution >= 0.6 is 0 Å². The standard InChI is InChI=1S/C21H27NO2/c1-4-8-20(17-9-6-5-7-10-17)21(23)18-11-13-19(14-12-18)24-16-15-22(2)3/h5-7,9-14,20H,4,8,15-16H2,1-3H3. The first-order valence-electron chi connectivity index (χ1n) is 8.58. The summed E-state index contributed by atoms with van der Waals surface area (Å²) in [6, 6.07) is 17.6. The van der Waals surface area contributed by atoms with Crippen molar-refractivity contribution in [3.63, 3.8) is 0 Å². The van der Waals surface area contributed by atoms with Gasteiger partial charge in [-0.05, 0) is 50.3 Å². The third-order valence-electron chi connectivity index (χ3n) is 4.04. The predicted octanol–water partition coefficient (Wildman–Crippen LogP) is 4.39. The topological polar surface area (TPSA) is 29.5 Å². The van der Waals surface area contributed by atoms with E-state index in [9.17, 15) is 4.79 Å². The fourth-order valence-electron chi connectivity index (χ4n) is 2.69. The van der Waals surface area contributed by atoms with Crippen LogP contribution in [0.25, 0.3) is 0 Å². The number of hydrogen-bond acceptors (Lipinski definition) is 3. The third kappa shape index (κ3) is 5.20. The molecule has 1 unspecified atom stereocenters. The van der Waals surface area contributed by atoms with E-state index in [2.05, 4.69) is 11.8 Å². The van der Waals surface area contributed by atoms with Gasteiger partial charge in [-0.1, -0.05) is 43.7 Å². The maximum atomic E-state index is 12.9. The molecule has 0 radical (unpaired) electrons. The SMILES string of the molecule is CCCC(C(=O)c1ccc(OCCN(C)C)cc1)c1ccccc1. The van der Waals surface area contributed by atoms with Crippen LogP contribution in [-0.2, 0) is 0 Å². The highest BCUT2D eigenvalue weighted by atomic mass is 16.5. The van der Waals surface area contributed by atoms with Crippen LogP contribution in [0.1, 0.15) is 41.6 Å². The Kier molecular flexibility index (Phi) is 7.01. The Morgan fingerprint density at radius 3 is 2.29 bits per heavy atom. The first-order valence-corrected chi connectivity index (χ1v) is 8.58. The lowest BCUT2D eigenvalue weighted by Gasteiger charge is -2.16. The van der Waals surface area contributed by atoms with Crippen molar-refractivity contribution < 1.29 is 9.53 Å². The van der Waals surface area contributed by atoms with Gasteiger partial charge in [0.1, 0.15) is 12.4 Å². The third-order valence-corrected chi connectivity index (χ3v) is 4.04. The first-order chi connectivity index (χ1) is 11.6. The Morgan fingerprint density at radius 1 is 1.04 bits per heavy atom. The summed E-state index contributed by atoms with van der Waals surface area (Å²) >= 11 is 0. The summed E-state index contributed by atoms with van der Waals surface area (Å²) in [5.74, 6) is 0.916. The molecule has 2 rings (SSSR count). The zero-order valence-corrected chi connectivity index (χ0v) is 14.9. The smallest absolute Gasteiger partial charge is 0.170 e. The average molecular weight is 325 g/mol. The maximum absolute atomic E-state index is 12.9. The van der Waals surface area contributed by atoms with E-state index in [1.807, 2.05) is 68.7 Å². The predicted molar refractivity (Wildman–Crippen MR) is 98.9 cm³/mol. The molecule has 2 aromatic carbocycles. The maximum Gasteiger partial charge on any atom is 0.170 e. The van der Waals surface area contributed by atoms with E-state index in [1.54, 1.807) is 0 Å². The fourth-order valence-corrected chi connectivity index (χ4v) is 2.69.